The van der Waals surface area contributed by atoms with Crippen LogP contribution in [0, 0.1) is 10.1 Å². The summed E-state index contributed by atoms with van der Waals surface area (Å²) in [6.07, 6.45) is 2.33. The van der Waals surface area contributed by atoms with Gasteiger partial charge in [-0.15, -0.1) is 0 Å². The van der Waals surface area contributed by atoms with E-state index < -0.39 is 11.0 Å². The molecule has 0 aliphatic rings. The maximum atomic E-state index is 12.4. The molecule has 1 N–H and O–H groups in total. The third-order valence-corrected chi connectivity index (χ3v) is 3.84. The van der Waals surface area contributed by atoms with E-state index in [9.17, 15) is 14.9 Å². The Bertz CT molecular complexity index is 774. The summed E-state index contributed by atoms with van der Waals surface area (Å²) in [5.41, 5.74) is 0.594. The van der Waals surface area contributed by atoms with Crippen molar-refractivity contribution in [2.45, 2.75) is 25.9 Å². The van der Waals surface area contributed by atoms with Gasteiger partial charge in [0.1, 0.15) is 29.9 Å². The lowest BCUT2D eigenvalue weighted by atomic mass is 10.1. The number of ether oxygens (including phenoxy) is 2. The van der Waals surface area contributed by atoms with Gasteiger partial charge in [0.05, 0.1) is 25.2 Å². The van der Waals surface area contributed by atoms with Crippen LogP contribution >= 0.6 is 0 Å². The van der Waals surface area contributed by atoms with Crippen LogP contribution in [-0.4, -0.2) is 34.8 Å². The Kier molecular flexibility index (Phi) is 5.58. The second-order valence-corrected chi connectivity index (χ2v) is 5.45. The van der Waals surface area contributed by atoms with Gasteiger partial charge in [0.15, 0.2) is 0 Å². The number of nitrogens with one attached hydrogen (secondary N) is 1. The molecule has 0 saturated heterocycles. The van der Waals surface area contributed by atoms with Crippen LogP contribution in [-0.2, 0) is 4.79 Å². The number of carbonyl (C=O) groups excluding carboxylic acids is 1. The van der Waals surface area contributed by atoms with Crippen LogP contribution in [0.4, 0.5) is 5.69 Å². The quantitative estimate of drug-likeness (QED) is 0.607. The first-order valence-corrected chi connectivity index (χ1v) is 7.58. The second-order valence-electron chi connectivity index (χ2n) is 5.45. The minimum absolute atomic E-state index is 0.165. The lowest BCUT2D eigenvalue weighted by Crippen LogP contribution is -2.33. The van der Waals surface area contributed by atoms with Gasteiger partial charge in [0, 0.05) is 5.56 Å². The maximum Gasteiger partial charge on any atom is 0.307 e. The smallest absolute Gasteiger partial charge is 0.307 e. The number of rotatable bonds is 7. The van der Waals surface area contributed by atoms with Gasteiger partial charge in [-0.3, -0.25) is 19.6 Å². The average molecular weight is 348 g/mol. The van der Waals surface area contributed by atoms with Crippen LogP contribution in [0.1, 0.15) is 31.5 Å². The molecule has 0 unspecified atom stereocenters. The molecule has 2 rings (SSSR count). The molecular weight excluding hydrogens is 328 g/mol. The molecule has 1 aromatic heterocycles. The monoisotopic (exact) mass is 348 g/mol. The van der Waals surface area contributed by atoms with Crippen LogP contribution in [0.15, 0.2) is 30.6 Å². The van der Waals surface area contributed by atoms with Gasteiger partial charge in [-0.05, 0) is 32.0 Å². The number of amides is 1. The Morgan fingerprint density at radius 2 is 2.04 bits per heavy atom. The first-order chi connectivity index (χ1) is 11.9. The molecule has 1 amide bonds. The van der Waals surface area contributed by atoms with Gasteiger partial charge in [0.2, 0.25) is 5.91 Å². The number of hydrogen-bond donors (Lipinski definition) is 1. The molecule has 0 saturated carbocycles. The Labute approximate surface area is 144 Å². The minimum Gasteiger partial charge on any atom is -0.497 e. The Morgan fingerprint density at radius 3 is 2.60 bits per heavy atom. The molecule has 9 heteroatoms. The van der Waals surface area contributed by atoms with Crippen molar-refractivity contribution in [3.8, 4) is 11.5 Å². The van der Waals surface area contributed by atoms with E-state index in [2.05, 4.69) is 10.4 Å². The van der Waals surface area contributed by atoms with Gasteiger partial charge >= 0.3 is 5.69 Å². The van der Waals surface area contributed by atoms with Crippen molar-refractivity contribution in [2.24, 2.45) is 0 Å². The second kappa shape index (κ2) is 7.65. The molecule has 1 aromatic carbocycles. The van der Waals surface area contributed by atoms with Gasteiger partial charge in [0.25, 0.3) is 0 Å². The molecule has 134 valence electrons. The van der Waals surface area contributed by atoms with Gasteiger partial charge < -0.3 is 14.8 Å². The summed E-state index contributed by atoms with van der Waals surface area (Å²) in [6, 6.07) is 4.26. The molecule has 2 atom stereocenters. The zero-order valence-corrected chi connectivity index (χ0v) is 14.4. The summed E-state index contributed by atoms with van der Waals surface area (Å²) in [5.74, 6) is 0.944. The number of nitrogens with zero attached hydrogens (tertiary/aromatic N) is 3. The first kappa shape index (κ1) is 18.2. The third kappa shape index (κ3) is 4.06. The van der Waals surface area contributed by atoms with Crippen molar-refractivity contribution in [3.63, 3.8) is 0 Å². The number of benzene rings is 1. The van der Waals surface area contributed by atoms with Crippen LogP contribution in [0.3, 0.4) is 0 Å². The van der Waals surface area contributed by atoms with Crippen molar-refractivity contribution in [1.29, 1.82) is 0 Å². The molecule has 0 spiro atoms. The topological polar surface area (TPSA) is 109 Å². The van der Waals surface area contributed by atoms with E-state index in [1.54, 1.807) is 39.3 Å². The van der Waals surface area contributed by atoms with E-state index in [0.717, 1.165) is 11.8 Å². The van der Waals surface area contributed by atoms with E-state index >= 15 is 0 Å². The largest absolute Gasteiger partial charge is 0.497 e. The fraction of sp³-hybridized carbons (Fsp3) is 0.375. The molecular formula is C16H20N4O5. The highest BCUT2D eigenvalue weighted by molar-refractivity contribution is 5.80. The minimum atomic E-state index is -0.701. The van der Waals surface area contributed by atoms with Crippen molar-refractivity contribution < 1.29 is 19.2 Å². The summed E-state index contributed by atoms with van der Waals surface area (Å²) >= 11 is 0. The predicted molar refractivity (Wildman–Crippen MR) is 89.7 cm³/mol. The van der Waals surface area contributed by atoms with E-state index in [0.29, 0.717) is 11.5 Å². The normalized spacial score (nSPS) is 13.0. The highest BCUT2D eigenvalue weighted by Gasteiger charge is 2.22. The summed E-state index contributed by atoms with van der Waals surface area (Å²) < 4.78 is 11.8. The number of carbonyl (C=O) groups is 1. The number of aromatic nitrogens is 2. The fourth-order valence-corrected chi connectivity index (χ4v) is 2.34. The SMILES string of the molecule is COc1ccc(OC)c([C@H](C)NC(=O)[C@@H](C)n2cc([N+](=O)[O-])cn2)c1. The third-order valence-electron chi connectivity index (χ3n) is 3.84. The number of hydrogen-bond acceptors (Lipinski definition) is 6. The fourth-order valence-electron chi connectivity index (χ4n) is 2.34. The molecule has 0 aliphatic carbocycles. The van der Waals surface area contributed by atoms with Crippen molar-refractivity contribution in [1.82, 2.24) is 15.1 Å². The Morgan fingerprint density at radius 1 is 1.32 bits per heavy atom. The van der Waals surface area contributed by atoms with Crippen LogP contribution in [0.5, 0.6) is 11.5 Å². The summed E-state index contributed by atoms with van der Waals surface area (Å²) in [5, 5.41) is 17.4. The zero-order valence-electron chi connectivity index (χ0n) is 14.4. The molecule has 0 bridgehead atoms. The molecule has 0 aliphatic heterocycles. The van der Waals surface area contributed by atoms with E-state index in [1.165, 1.54) is 10.9 Å². The number of methoxy groups -OCH3 is 2. The van der Waals surface area contributed by atoms with Gasteiger partial charge in [-0.25, -0.2) is 0 Å². The predicted octanol–water partition coefficient (Wildman–Crippen LogP) is 2.25. The number of nitro groups is 1. The molecule has 9 nitrogen and oxygen atoms in total. The highest BCUT2D eigenvalue weighted by atomic mass is 16.6. The van der Waals surface area contributed by atoms with E-state index in [1.807, 2.05) is 6.92 Å². The highest BCUT2D eigenvalue weighted by Crippen LogP contribution is 2.29. The van der Waals surface area contributed by atoms with Crippen molar-refractivity contribution in [2.75, 3.05) is 14.2 Å². The summed E-state index contributed by atoms with van der Waals surface area (Å²) in [7, 11) is 3.10. The van der Waals surface area contributed by atoms with Crippen LogP contribution < -0.4 is 14.8 Å². The van der Waals surface area contributed by atoms with Crippen LogP contribution in [0.25, 0.3) is 0 Å². The Hall–Kier alpha value is -3.10. The van der Waals surface area contributed by atoms with Gasteiger partial charge in [-0.2, -0.15) is 5.10 Å². The zero-order chi connectivity index (χ0) is 18.6. The Balaban J connectivity index is 2.14. The van der Waals surface area contributed by atoms with Crippen molar-refractivity contribution in [3.05, 3.63) is 46.3 Å². The summed E-state index contributed by atoms with van der Waals surface area (Å²) in [4.78, 5) is 22.6. The van der Waals surface area contributed by atoms with Crippen molar-refractivity contribution >= 4 is 11.6 Å². The van der Waals surface area contributed by atoms with Crippen LogP contribution in [0.2, 0.25) is 0 Å². The first-order valence-electron chi connectivity index (χ1n) is 7.58. The van der Waals surface area contributed by atoms with E-state index in [-0.39, 0.29) is 17.6 Å². The maximum absolute atomic E-state index is 12.4. The molecule has 25 heavy (non-hydrogen) atoms. The standard InChI is InChI=1S/C16H20N4O5/c1-10(14-7-13(24-3)5-6-15(14)25-4)18-16(21)11(2)19-9-12(8-17-19)20(22)23/h5-11H,1-4H3,(H,18,21)/t10-,11+/m0/s1. The van der Waals surface area contributed by atoms with Gasteiger partial charge in [-0.1, -0.05) is 0 Å². The molecule has 0 radical (unpaired) electrons. The average Bonchev–Trinajstić information content (AvgIpc) is 3.10. The van der Waals surface area contributed by atoms with E-state index in [4.69, 9.17) is 9.47 Å². The summed E-state index contributed by atoms with van der Waals surface area (Å²) in [6.45, 7) is 3.43. The molecule has 2 aromatic rings. The molecule has 0 fully saturated rings. The lowest BCUT2D eigenvalue weighted by Gasteiger charge is -2.20. The molecule has 1 heterocycles. The lowest BCUT2D eigenvalue weighted by molar-refractivity contribution is -0.385.